The van der Waals surface area contributed by atoms with Crippen LogP contribution in [0.3, 0.4) is 0 Å². The minimum atomic E-state index is -1.55. The van der Waals surface area contributed by atoms with Gasteiger partial charge in [-0.15, -0.1) is 0 Å². The number of nitro groups is 1. The summed E-state index contributed by atoms with van der Waals surface area (Å²) in [5.41, 5.74) is -0.138. The Kier molecular flexibility index (Phi) is 4.70. The summed E-state index contributed by atoms with van der Waals surface area (Å²) in [4.78, 5) is 10.3. The van der Waals surface area contributed by atoms with E-state index in [4.69, 9.17) is 9.84 Å². The van der Waals surface area contributed by atoms with Gasteiger partial charge in [-0.3, -0.25) is 10.1 Å². The maximum absolute atomic E-state index is 10.9. The van der Waals surface area contributed by atoms with Crippen molar-refractivity contribution in [3.05, 3.63) is 34.4 Å². The molecule has 9 nitrogen and oxygen atoms in total. The average molecular weight is 300 g/mol. The number of anilines is 1. The van der Waals surface area contributed by atoms with Gasteiger partial charge in [0.25, 0.3) is 5.69 Å². The number of nitrogens with zero attached hydrogens (tertiary/aromatic N) is 1. The number of ether oxygens (including phenoxy) is 1. The van der Waals surface area contributed by atoms with Gasteiger partial charge in [0.15, 0.2) is 6.23 Å². The number of benzene rings is 1. The fourth-order valence-electron chi connectivity index (χ4n) is 2.13. The first-order valence-corrected chi connectivity index (χ1v) is 6.26. The van der Waals surface area contributed by atoms with Crippen molar-refractivity contribution in [1.29, 1.82) is 0 Å². The maximum atomic E-state index is 10.9. The van der Waals surface area contributed by atoms with E-state index in [1.807, 2.05) is 0 Å². The molecule has 2 rings (SSSR count). The Morgan fingerprint density at radius 1 is 1.19 bits per heavy atom. The van der Waals surface area contributed by atoms with E-state index in [0.29, 0.717) is 0 Å². The van der Waals surface area contributed by atoms with Crippen molar-refractivity contribution in [3.63, 3.8) is 0 Å². The van der Waals surface area contributed by atoms with Crippen molar-refractivity contribution in [1.82, 2.24) is 0 Å². The molecule has 0 saturated carbocycles. The van der Waals surface area contributed by atoms with E-state index in [-0.39, 0.29) is 11.4 Å². The molecule has 1 saturated heterocycles. The van der Waals surface area contributed by atoms with Crippen LogP contribution in [0.5, 0.6) is 0 Å². The Bertz CT molecular complexity index is 510. The molecule has 0 amide bonds. The van der Waals surface area contributed by atoms with E-state index >= 15 is 0 Å². The first-order valence-electron chi connectivity index (χ1n) is 6.26. The van der Waals surface area contributed by atoms with Gasteiger partial charge < -0.3 is 30.5 Å². The minimum absolute atomic E-state index is 0.0897. The van der Waals surface area contributed by atoms with Crippen LogP contribution in [0.15, 0.2) is 24.3 Å². The highest BCUT2D eigenvalue weighted by molar-refractivity contribution is 5.61. The molecule has 9 heteroatoms. The van der Waals surface area contributed by atoms with Gasteiger partial charge in [-0.25, -0.2) is 0 Å². The van der Waals surface area contributed by atoms with Crippen LogP contribution in [-0.2, 0) is 4.74 Å². The maximum Gasteiger partial charge on any atom is 0.292 e. The van der Waals surface area contributed by atoms with Gasteiger partial charge in [-0.1, -0.05) is 12.1 Å². The third kappa shape index (κ3) is 3.12. The fourth-order valence-corrected chi connectivity index (χ4v) is 2.13. The first kappa shape index (κ1) is 15.6. The summed E-state index contributed by atoms with van der Waals surface area (Å²) >= 11 is 0. The average Bonchev–Trinajstić information content (AvgIpc) is 2.48. The van der Waals surface area contributed by atoms with Crippen LogP contribution < -0.4 is 5.32 Å². The summed E-state index contributed by atoms with van der Waals surface area (Å²) in [5.74, 6) is 0. The number of aliphatic hydroxyl groups is 4. The topological polar surface area (TPSA) is 145 Å². The largest absolute Gasteiger partial charge is 0.394 e. The third-order valence-corrected chi connectivity index (χ3v) is 3.29. The fraction of sp³-hybridized carbons (Fsp3) is 0.500. The molecule has 0 spiro atoms. The summed E-state index contributed by atoms with van der Waals surface area (Å²) < 4.78 is 5.23. The number of rotatable bonds is 4. The number of para-hydroxylation sites is 2. The Morgan fingerprint density at radius 3 is 2.48 bits per heavy atom. The summed E-state index contributed by atoms with van der Waals surface area (Å²) in [6.07, 6.45) is -6.82. The van der Waals surface area contributed by atoms with Gasteiger partial charge in [-0.2, -0.15) is 0 Å². The SMILES string of the molecule is O=[N+]([O-])c1ccccc1N[C@H]1O[C@@H](CO)[C@@H](O)[C@@H](O)[C@@H]1O. The molecule has 5 N–H and O–H groups in total. The van der Waals surface area contributed by atoms with Crippen LogP contribution in [0.1, 0.15) is 0 Å². The zero-order valence-corrected chi connectivity index (χ0v) is 10.9. The zero-order chi connectivity index (χ0) is 15.6. The molecule has 0 aromatic heterocycles. The lowest BCUT2D eigenvalue weighted by molar-refractivity contribution is -0.384. The van der Waals surface area contributed by atoms with E-state index < -0.39 is 42.2 Å². The van der Waals surface area contributed by atoms with Crippen molar-refractivity contribution < 1.29 is 30.1 Å². The normalized spacial score (nSPS) is 32.7. The van der Waals surface area contributed by atoms with Gasteiger partial charge in [0.1, 0.15) is 30.1 Å². The second-order valence-electron chi connectivity index (χ2n) is 4.67. The molecule has 1 aromatic carbocycles. The van der Waals surface area contributed by atoms with Crippen molar-refractivity contribution in [2.24, 2.45) is 0 Å². The Morgan fingerprint density at radius 2 is 1.86 bits per heavy atom. The number of hydrogen-bond donors (Lipinski definition) is 5. The second-order valence-corrected chi connectivity index (χ2v) is 4.67. The molecule has 1 aliphatic rings. The molecule has 0 radical (unpaired) electrons. The zero-order valence-electron chi connectivity index (χ0n) is 10.9. The summed E-state index contributed by atoms with van der Waals surface area (Å²) in [6.45, 7) is -0.569. The van der Waals surface area contributed by atoms with E-state index in [0.717, 1.165) is 0 Å². The molecule has 0 bridgehead atoms. The number of hydrogen-bond acceptors (Lipinski definition) is 8. The van der Waals surface area contributed by atoms with Gasteiger partial charge in [0.2, 0.25) is 0 Å². The predicted molar refractivity (Wildman–Crippen MR) is 70.5 cm³/mol. The Hall–Kier alpha value is -1.78. The molecule has 1 heterocycles. The lowest BCUT2D eigenvalue weighted by Crippen LogP contribution is -2.60. The molecular weight excluding hydrogens is 284 g/mol. The van der Waals surface area contributed by atoms with Crippen LogP contribution in [0.4, 0.5) is 11.4 Å². The van der Waals surface area contributed by atoms with Crippen molar-refractivity contribution in [2.75, 3.05) is 11.9 Å². The smallest absolute Gasteiger partial charge is 0.292 e. The van der Waals surface area contributed by atoms with Crippen LogP contribution in [0.2, 0.25) is 0 Å². The van der Waals surface area contributed by atoms with Crippen LogP contribution in [-0.4, -0.2) is 62.6 Å². The van der Waals surface area contributed by atoms with Gasteiger partial charge in [0.05, 0.1) is 11.5 Å². The highest BCUT2D eigenvalue weighted by Gasteiger charge is 2.43. The van der Waals surface area contributed by atoms with Crippen LogP contribution in [0.25, 0.3) is 0 Å². The number of nitrogens with one attached hydrogen (secondary N) is 1. The lowest BCUT2D eigenvalue weighted by atomic mass is 9.98. The van der Waals surface area contributed by atoms with Crippen molar-refractivity contribution in [2.45, 2.75) is 30.6 Å². The quantitative estimate of drug-likeness (QED) is 0.344. The Labute approximate surface area is 119 Å². The predicted octanol–water partition coefficient (Wildman–Crippen LogP) is -1.19. The van der Waals surface area contributed by atoms with Gasteiger partial charge in [0, 0.05) is 6.07 Å². The van der Waals surface area contributed by atoms with Crippen LogP contribution >= 0.6 is 0 Å². The van der Waals surface area contributed by atoms with E-state index in [2.05, 4.69) is 5.32 Å². The molecule has 5 atom stereocenters. The van der Waals surface area contributed by atoms with Gasteiger partial charge >= 0.3 is 0 Å². The molecule has 1 aromatic rings. The van der Waals surface area contributed by atoms with Crippen molar-refractivity contribution >= 4 is 11.4 Å². The highest BCUT2D eigenvalue weighted by atomic mass is 16.6. The highest BCUT2D eigenvalue weighted by Crippen LogP contribution is 2.28. The first-order chi connectivity index (χ1) is 9.95. The monoisotopic (exact) mass is 300 g/mol. The molecule has 1 aliphatic heterocycles. The molecule has 0 unspecified atom stereocenters. The molecular formula is C12H16N2O7. The van der Waals surface area contributed by atoms with Crippen molar-refractivity contribution in [3.8, 4) is 0 Å². The van der Waals surface area contributed by atoms with Crippen LogP contribution in [0, 0.1) is 10.1 Å². The Balaban J connectivity index is 2.20. The van der Waals surface area contributed by atoms with E-state index in [1.54, 1.807) is 6.07 Å². The van der Waals surface area contributed by atoms with E-state index in [1.165, 1.54) is 18.2 Å². The van der Waals surface area contributed by atoms with Gasteiger partial charge in [-0.05, 0) is 6.07 Å². The van der Waals surface area contributed by atoms with E-state index in [9.17, 15) is 25.4 Å². The molecule has 1 fully saturated rings. The summed E-state index contributed by atoms with van der Waals surface area (Å²) in [5, 5.41) is 51.8. The summed E-state index contributed by atoms with van der Waals surface area (Å²) in [6, 6.07) is 5.72. The minimum Gasteiger partial charge on any atom is -0.394 e. The molecule has 0 aliphatic carbocycles. The lowest BCUT2D eigenvalue weighted by Gasteiger charge is -2.40. The second kappa shape index (κ2) is 6.33. The molecule has 116 valence electrons. The number of nitro benzene ring substituents is 1. The number of aliphatic hydroxyl groups excluding tert-OH is 4. The molecule has 21 heavy (non-hydrogen) atoms. The summed E-state index contributed by atoms with van der Waals surface area (Å²) in [7, 11) is 0. The standard InChI is InChI=1S/C12H16N2O7/c15-5-8-9(16)10(17)11(18)12(21-8)13-6-3-1-2-4-7(6)14(19)20/h1-4,8-13,15-18H,5H2/t8-,9+,10+,11-,12-/m0/s1. The third-order valence-electron chi connectivity index (χ3n) is 3.29.